The van der Waals surface area contributed by atoms with E-state index in [0.29, 0.717) is 25.4 Å². The van der Waals surface area contributed by atoms with Gasteiger partial charge in [0, 0.05) is 6.04 Å². The maximum absolute atomic E-state index is 12.6. The first kappa shape index (κ1) is 16.7. The second kappa shape index (κ2) is 6.76. The molecule has 1 saturated heterocycles. The second-order valence-electron chi connectivity index (χ2n) is 6.08. The van der Waals surface area contributed by atoms with Gasteiger partial charge < -0.3 is 14.2 Å². The van der Waals surface area contributed by atoms with Crippen LogP contribution >= 0.6 is 0 Å². The Morgan fingerprint density at radius 3 is 2.61 bits per heavy atom. The fraction of sp³-hybridized carbons (Fsp3) is 0.625. The first-order valence-electron chi connectivity index (χ1n) is 7.90. The summed E-state index contributed by atoms with van der Waals surface area (Å²) < 4.78 is 44.5. The largest absolute Gasteiger partial charge is 0.496 e. The van der Waals surface area contributed by atoms with Crippen molar-refractivity contribution < 1.29 is 22.6 Å². The van der Waals surface area contributed by atoms with Crippen molar-refractivity contribution in [2.45, 2.75) is 49.3 Å². The summed E-state index contributed by atoms with van der Waals surface area (Å²) >= 11 is 0. The van der Waals surface area contributed by atoms with E-state index in [-0.39, 0.29) is 23.1 Å². The monoisotopic (exact) mass is 341 g/mol. The Kier molecular flexibility index (Phi) is 4.91. The number of hydrogen-bond donors (Lipinski definition) is 1. The van der Waals surface area contributed by atoms with Crippen LogP contribution in [0.15, 0.2) is 23.1 Å². The van der Waals surface area contributed by atoms with Crippen molar-refractivity contribution in [3.05, 3.63) is 23.8 Å². The first-order valence-corrected chi connectivity index (χ1v) is 9.38. The Morgan fingerprint density at radius 1 is 1.17 bits per heavy atom. The van der Waals surface area contributed by atoms with Gasteiger partial charge in [0.15, 0.2) is 0 Å². The van der Waals surface area contributed by atoms with Crippen LogP contribution in [0.1, 0.15) is 24.8 Å². The van der Waals surface area contributed by atoms with Gasteiger partial charge in [0.25, 0.3) is 0 Å². The van der Waals surface area contributed by atoms with Gasteiger partial charge in [-0.05, 0) is 49.9 Å². The number of aryl methyl sites for hydroxylation is 1. The van der Waals surface area contributed by atoms with Crippen LogP contribution in [0.4, 0.5) is 0 Å². The molecule has 1 N–H and O–H groups in total. The summed E-state index contributed by atoms with van der Waals surface area (Å²) in [5.74, 6) is 0.678. The molecular formula is C16H23NO5S. The third-order valence-corrected chi connectivity index (χ3v) is 5.99. The molecule has 128 valence electrons. The number of fused-ring (bicyclic) bond motifs is 1. The molecule has 3 unspecified atom stereocenters. The summed E-state index contributed by atoms with van der Waals surface area (Å²) in [5.41, 5.74) is 0.795. The van der Waals surface area contributed by atoms with E-state index in [1.54, 1.807) is 25.3 Å². The maximum atomic E-state index is 12.6. The summed E-state index contributed by atoms with van der Waals surface area (Å²) in [4.78, 5) is 0.263. The van der Waals surface area contributed by atoms with E-state index < -0.39 is 10.0 Å². The van der Waals surface area contributed by atoms with Crippen LogP contribution in [0, 0.1) is 6.92 Å². The number of rotatable bonds is 4. The Morgan fingerprint density at radius 2 is 1.91 bits per heavy atom. The van der Waals surface area contributed by atoms with E-state index in [0.717, 1.165) is 18.4 Å². The molecule has 0 amide bonds. The molecule has 7 heteroatoms. The molecule has 23 heavy (non-hydrogen) atoms. The normalized spacial score (nSPS) is 28.2. The fourth-order valence-electron chi connectivity index (χ4n) is 3.28. The van der Waals surface area contributed by atoms with Gasteiger partial charge in [-0.15, -0.1) is 0 Å². The number of nitrogens with one attached hydrogen (secondary N) is 1. The Bertz CT molecular complexity index is 660. The van der Waals surface area contributed by atoms with Gasteiger partial charge in [-0.25, -0.2) is 13.1 Å². The van der Waals surface area contributed by atoms with Crippen LogP contribution in [0.3, 0.4) is 0 Å². The molecule has 3 rings (SSSR count). The molecule has 2 aliphatic rings. The lowest BCUT2D eigenvalue weighted by molar-refractivity contribution is -0.156. The fourth-order valence-corrected chi connectivity index (χ4v) is 4.65. The van der Waals surface area contributed by atoms with E-state index in [9.17, 15) is 8.42 Å². The molecule has 1 saturated carbocycles. The molecule has 1 heterocycles. The number of ether oxygens (including phenoxy) is 3. The van der Waals surface area contributed by atoms with Crippen LogP contribution in [-0.2, 0) is 19.5 Å². The average molecular weight is 341 g/mol. The van der Waals surface area contributed by atoms with Crippen molar-refractivity contribution in [2.24, 2.45) is 0 Å². The lowest BCUT2D eigenvalue weighted by atomic mass is 9.90. The highest BCUT2D eigenvalue weighted by Gasteiger charge is 2.35. The number of benzene rings is 1. The van der Waals surface area contributed by atoms with Crippen LogP contribution < -0.4 is 9.46 Å². The predicted molar refractivity (Wildman–Crippen MR) is 85.2 cm³/mol. The van der Waals surface area contributed by atoms with Crippen molar-refractivity contribution >= 4 is 10.0 Å². The zero-order valence-electron chi connectivity index (χ0n) is 13.4. The summed E-state index contributed by atoms with van der Waals surface area (Å²) in [6, 6.07) is 4.76. The lowest BCUT2D eigenvalue weighted by Crippen LogP contribution is -2.49. The van der Waals surface area contributed by atoms with Crippen molar-refractivity contribution in [3.8, 4) is 5.75 Å². The molecule has 6 nitrogen and oxygen atoms in total. The summed E-state index contributed by atoms with van der Waals surface area (Å²) in [7, 11) is -1.98. The van der Waals surface area contributed by atoms with Crippen LogP contribution in [0.5, 0.6) is 5.75 Å². The smallest absolute Gasteiger partial charge is 0.240 e. The maximum Gasteiger partial charge on any atom is 0.240 e. The molecule has 0 radical (unpaired) electrons. The molecule has 1 aliphatic heterocycles. The highest BCUT2D eigenvalue weighted by atomic mass is 32.2. The van der Waals surface area contributed by atoms with Crippen LogP contribution in [-0.4, -0.2) is 47.0 Å². The quantitative estimate of drug-likeness (QED) is 0.901. The molecule has 0 aromatic heterocycles. The molecule has 2 fully saturated rings. The molecular weight excluding hydrogens is 318 g/mol. The van der Waals surface area contributed by atoms with E-state index in [4.69, 9.17) is 14.2 Å². The Labute approximate surface area is 137 Å². The lowest BCUT2D eigenvalue weighted by Gasteiger charge is -2.38. The molecule has 1 aromatic rings. The highest BCUT2D eigenvalue weighted by molar-refractivity contribution is 7.89. The summed E-state index contributed by atoms with van der Waals surface area (Å²) in [6.07, 6.45) is 2.33. The van der Waals surface area contributed by atoms with Gasteiger partial charge in [0.2, 0.25) is 10.0 Å². The van der Waals surface area contributed by atoms with Gasteiger partial charge in [0.05, 0.1) is 37.4 Å². The number of methoxy groups -OCH3 is 1. The average Bonchev–Trinajstić information content (AvgIpc) is 2.54. The highest BCUT2D eigenvalue weighted by Crippen LogP contribution is 2.28. The number of sulfonamides is 1. The molecule has 0 bridgehead atoms. The molecule has 1 aliphatic carbocycles. The standard InChI is InChI=1S/C16H23NO5S/c1-11-9-13(4-6-14(11)20-2)23(18,19)17-12-3-5-15-16(10-12)22-8-7-21-15/h4,6,9,12,15-17H,3,5,7-8,10H2,1-2H3. The summed E-state index contributed by atoms with van der Waals surface area (Å²) in [6.45, 7) is 3.04. The predicted octanol–water partition coefficient (Wildman–Crippen LogP) is 1.62. The summed E-state index contributed by atoms with van der Waals surface area (Å²) in [5, 5.41) is 0. The third kappa shape index (κ3) is 3.68. The zero-order chi connectivity index (χ0) is 16.4. The van der Waals surface area contributed by atoms with Crippen molar-refractivity contribution in [3.63, 3.8) is 0 Å². The minimum Gasteiger partial charge on any atom is -0.496 e. The number of hydrogen-bond acceptors (Lipinski definition) is 5. The van der Waals surface area contributed by atoms with Crippen LogP contribution in [0.25, 0.3) is 0 Å². The van der Waals surface area contributed by atoms with Crippen LogP contribution in [0.2, 0.25) is 0 Å². The molecule has 1 aromatic carbocycles. The topological polar surface area (TPSA) is 73.9 Å². The van der Waals surface area contributed by atoms with Gasteiger partial charge in [0.1, 0.15) is 5.75 Å². The molecule has 3 atom stereocenters. The first-order chi connectivity index (χ1) is 11.0. The van der Waals surface area contributed by atoms with E-state index in [1.807, 2.05) is 6.92 Å². The molecule has 0 spiro atoms. The third-order valence-electron chi connectivity index (χ3n) is 4.48. The van der Waals surface area contributed by atoms with E-state index >= 15 is 0 Å². The van der Waals surface area contributed by atoms with Gasteiger partial charge in [-0.1, -0.05) is 0 Å². The van der Waals surface area contributed by atoms with Crippen molar-refractivity contribution in [1.82, 2.24) is 4.72 Å². The minimum atomic E-state index is -3.55. The Hall–Kier alpha value is -1.15. The second-order valence-corrected chi connectivity index (χ2v) is 7.80. The minimum absolute atomic E-state index is 0.0113. The zero-order valence-corrected chi connectivity index (χ0v) is 14.3. The van der Waals surface area contributed by atoms with Gasteiger partial charge in [-0.3, -0.25) is 0 Å². The Balaban J connectivity index is 1.70. The van der Waals surface area contributed by atoms with E-state index in [2.05, 4.69) is 4.72 Å². The van der Waals surface area contributed by atoms with E-state index in [1.165, 1.54) is 0 Å². The van der Waals surface area contributed by atoms with Gasteiger partial charge in [-0.2, -0.15) is 0 Å². The van der Waals surface area contributed by atoms with Crippen molar-refractivity contribution in [2.75, 3.05) is 20.3 Å². The SMILES string of the molecule is COc1ccc(S(=O)(=O)NC2CCC3OCCOC3C2)cc1C. The van der Waals surface area contributed by atoms with Crippen molar-refractivity contribution in [1.29, 1.82) is 0 Å². The van der Waals surface area contributed by atoms with Gasteiger partial charge >= 0.3 is 0 Å².